The van der Waals surface area contributed by atoms with E-state index in [0.29, 0.717) is 0 Å². The smallest absolute Gasteiger partial charge is 0.0215 e. The zero-order valence-electron chi connectivity index (χ0n) is 11.2. The molecule has 0 spiro atoms. The van der Waals surface area contributed by atoms with Crippen molar-refractivity contribution in [3.63, 3.8) is 0 Å². The van der Waals surface area contributed by atoms with E-state index in [9.17, 15) is 0 Å². The molecule has 1 heteroatoms. The largest absolute Gasteiger partial charge is 0.0610 e. The molecule has 0 N–H and O–H groups in total. The van der Waals surface area contributed by atoms with Gasteiger partial charge in [0.05, 0.1) is 0 Å². The molecule has 98 valence electrons. The number of benzene rings is 5. The summed E-state index contributed by atoms with van der Waals surface area (Å²) in [6, 6.07) is 24.4. The van der Waals surface area contributed by atoms with Crippen LogP contribution in [-0.4, -0.2) is 0 Å². The monoisotopic (exact) mass is 378 g/mol. The molecule has 0 unspecified atom stereocenters. The molecule has 0 radical (unpaired) electrons. The number of rotatable bonds is 0. The fraction of sp³-hybridized carbons (Fsp3) is 0. The van der Waals surface area contributed by atoms with Crippen LogP contribution in [0.5, 0.6) is 0 Å². The lowest BCUT2D eigenvalue weighted by Gasteiger charge is -2.15. The summed E-state index contributed by atoms with van der Waals surface area (Å²) >= 11 is 2.47. The Bertz CT molecular complexity index is 1130. The summed E-state index contributed by atoms with van der Waals surface area (Å²) in [6.45, 7) is 0. The minimum absolute atomic E-state index is 1.33. The average molecular weight is 378 g/mol. The van der Waals surface area contributed by atoms with Crippen LogP contribution < -0.4 is 0 Å². The third-order valence-corrected chi connectivity index (χ3v) is 5.36. The summed E-state index contributed by atoms with van der Waals surface area (Å²) in [4.78, 5) is 0. The lowest BCUT2D eigenvalue weighted by Crippen LogP contribution is -1.88. The summed E-state index contributed by atoms with van der Waals surface area (Å²) in [5.41, 5.74) is 0. The molecular formula is C20H11I. The quantitative estimate of drug-likeness (QED) is 0.168. The zero-order chi connectivity index (χ0) is 14.0. The molecule has 0 aliphatic carbocycles. The maximum atomic E-state index is 2.47. The van der Waals surface area contributed by atoms with Crippen molar-refractivity contribution in [3.8, 4) is 0 Å². The first-order chi connectivity index (χ1) is 10.3. The summed E-state index contributed by atoms with van der Waals surface area (Å²) in [5, 5.41) is 10.9. The van der Waals surface area contributed by atoms with Crippen LogP contribution in [-0.2, 0) is 0 Å². The molecule has 5 aromatic rings. The molecule has 0 aliphatic heterocycles. The molecule has 0 saturated carbocycles. The normalized spacial score (nSPS) is 12.0. The molecule has 0 aliphatic rings. The van der Waals surface area contributed by atoms with E-state index in [4.69, 9.17) is 0 Å². The van der Waals surface area contributed by atoms with Gasteiger partial charge in [-0.1, -0.05) is 60.7 Å². The van der Waals surface area contributed by atoms with E-state index >= 15 is 0 Å². The molecule has 0 nitrogen and oxygen atoms in total. The van der Waals surface area contributed by atoms with Crippen molar-refractivity contribution >= 4 is 65.7 Å². The van der Waals surface area contributed by atoms with Crippen LogP contribution in [0.15, 0.2) is 66.7 Å². The van der Waals surface area contributed by atoms with Gasteiger partial charge < -0.3 is 0 Å². The van der Waals surface area contributed by atoms with Crippen molar-refractivity contribution < 1.29 is 0 Å². The van der Waals surface area contributed by atoms with Gasteiger partial charge in [0.2, 0.25) is 0 Å². The predicted molar refractivity (Wildman–Crippen MR) is 100 cm³/mol. The summed E-state index contributed by atoms with van der Waals surface area (Å²) in [7, 11) is 0. The summed E-state index contributed by atoms with van der Waals surface area (Å²) in [6.07, 6.45) is 0. The first-order valence-electron chi connectivity index (χ1n) is 7.08. The highest BCUT2D eigenvalue weighted by molar-refractivity contribution is 14.1. The van der Waals surface area contributed by atoms with Gasteiger partial charge in [-0.2, -0.15) is 0 Å². The van der Waals surface area contributed by atoms with Gasteiger partial charge in [0.25, 0.3) is 0 Å². The standard InChI is InChI=1S/C20H11I/c21-17-11-10-13-6-2-8-15-14-7-1-4-12-5-3-9-16(18(12)14)20(17)19(13)15/h1-11H. The molecule has 21 heavy (non-hydrogen) atoms. The minimum atomic E-state index is 1.33. The third kappa shape index (κ3) is 1.45. The molecule has 0 heterocycles. The second-order valence-corrected chi connectivity index (χ2v) is 6.70. The van der Waals surface area contributed by atoms with Crippen LogP contribution in [0, 0.1) is 3.57 Å². The molecule has 5 aromatic carbocycles. The Labute approximate surface area is 135 Å². The molecule has 0 fully saturated rings. The topological polar surface area (TPSA) is 0 Å². The van der Waals surface area contributed by atoms with Crippen LogP contribution in [0.3, 0.4) is 0 Å². The van der Waals surface area contributed by atoms with Crippen molar-refractivity contribution in [1.29, 1.82) is 0 Å². The molecular weight excluding hydrogens is 367 g/mol. The molecule has 0 amide bonds. The summed E-state index contributed by atoms with van der Waals surface area (Å²) in [5.74, 6) is 0. The van der Waals surface area contributed by atoms with E-state index in [-0.39, 0.29) is 0 Å². The number of hydrogen-bond acceptors (Lipinski definition) is 0. The fourth-order valence-electron chi connectivity index (χ4n) is 3.62. The van der Waals surface area contributed by atoms with E-state index in [0.717, 1.165) is 0 Å². The van der Waals surface area contributed by atoms with Crippen LogP contribution in [0.4, 0.5) is 0 Å². The molecule has 0 aromatic heterocycles. The maximum Gasteiger partial charge on any atom is 0.0215 e. The Kier molecular flexibility index (Phi) is 2.28. The van der Waals surface area contributed by atoms with Crippen LogP contribution in [0.2, 0.25) is 0 Å². The van der Waals surface area contributed by atoms with E-state index in [1.54, 1.807) is 0 Å². The van der Waals surface area contributed by atoms with Crippen molar-refractivity contribution in [2.24, 2.45) is 0 Å². The van der Waals surface area contributed by atoms with Gasteiger partial charge in [-0.05, 0) is 66.4 Å². The second kappa shape index (κ2) is 4.08. The van der Waals surface area contributed by atoms with Gasteiger partial charge in [-0.15, -0.1) is 0 Å². The molecule has 5 rings (SSSR count). The van der Waals surface area contributed by atoms with Crippen molar-refractivity contribution in [2.75, 3.05) is 0 Å². The van der Waals surface area contributed by atoms with E-state index < -0.39 is 0 Å². The highest BCUT2D eigenvalue weighted by Gasteiger charge is 2.13. The second-order valence-electron chi connectivity index (χ2n) is 5.54. The van der Waals surface area contributed by atoms with Gasteiger partial charge in [0.1, 0.15) is 0 Å². The molecule has 0 bridgehead atoms. The van der Waals surface area contributed by atoms with Crippen molar-refractivity contribution in [1.82, 2.24) is 0 Å². The molecule has 0 atom stereocenters. The Hall–Kier alpha value is -1.87. The SMILES string of the molecule is Ic1ccc2cccc3c4cccc5cccc(c1c23)c54. The lowest BCUT2D eigenvalue weighted by atomic mass is 9.90. The first kappa shape index (κ1) is 11.8. The van der Waals surface area contributed by atoms with Gasteiger partial charge >= 0.3 is 0 Å². The zero-order valence-corrected chi connectivity index (χ0v) is 13.4. The van der Waals surface area contributed by atoms with Crippen LogP contribution >= 0.6 is 22.6 Å². The predicted octanol–water partition coefficient (Wildman–Crippen LogP) is 6.34. The highest BCUT2D eigenvalue weighted by atomic mass is 127. The molecule has 0 saturated heterocycles. The first-order valence-corrected chi connectivity index (χ1v) is 8.16. The fourth-order valence-corrected chi connectivity index (χ4v) is 4.36. The highest BCUT2D eigenvalue weighted by Crippen LogP contribution is 2.41. The van der Waals surface area contributed by atoms with Crippen molar-refractivity contribution in [3.05, 3.63) is 70.3 Å². The van der Waals surface area contributed by atoms with Gasteiger partial charge in [-0.25, -0.2) is 0 Å². The summed E-state index contributed by atoms with van der Waals surface area (Å²) < 4.78 is 1.33. The Morgan fingerprint density at radius 3 is 1.76 bits per heavy atom. The van der Waals surface area contributed by atoms with Crippen LogP contribution in [0.25, 0.3) is 43.1 Å². The minimum Gasteiger partial charge on any atom is -0.0610 e. The van der Waals surface area contributed by atoms with Gasteiger partial charge in [-0.3, -0.25) is 0 Å². The number of halogens is 1. The average Bonchev–Trinajstić information content (AvgIpc) is 2.53. The number of fused-ring (bicyclic) bond motifs is 2. The Morgan fingerprint density at radius 1 is 0.476 bits per heavy atom. The maximum absolute atomic E-state index is 2.47. The van der Waals surface area contributed by atoms with E-state index in [1.165, 1.54) is 46.7 Å². The Balaban J connectivity index is 2.32. The lowest BCUT2D eigenvalue weighted by molar-refractivity contribution is 1.75. The third-order valence-electron chi connectivity index (χ3n) is 4.46. The van der Waals surface area contributed by atoms with E-state index in [1.807, 2.05) is 0 Å². The van der Waals surface area contributed by atoms with E-state index in [2.05, 4.69) is 89.3 Å². The number of hydrogen-bond donors (Lipinski definition) is 0. The Morgan fingerprint density at radius 2 is 1.05 bits per heavy atom. The van der Waals surface area contributed by atoms with Gasteiger partial charge in [0, 0.05) is 8.96 Å². The van der Waals surface area contributed by atoms with Crippen molar-refractivity contribution in [2.45, 2.75) is 0 Å². The van der Waals surface area contributed by atoms with Crippen LogP contribution in [0.1, 0.15) is 0 Å². The van der Waals surface area contributed by atoms with Gasteiger partial charge in [0.15, 0.2) is 0 Å².